The molecule has 0 atom stereocenters. The van der Waals surface area contributed by atoms with E-state index in [-0.39, 0.29) is 15.6 Å². The summed E-state index contributed by atoms with van der Waals surface area (Å²) in [5, 5.41) is 2.47. The van der Waals surface area contributed by atoms with Gasteiger partial charge in [-0.3, -0.25) is 9.78 Å². The third-order valence-electron chi connectivity index (χ3n) is 2.92. The first-order valence-corrected chi connectivity index (χ1v) is 6.58. The second-order valence-corrected chi connectivity index (χ2v) is 4.98. The summed E-state index contributed by atoms with van der Waals surface area (Å²) in [4.78, 5) is 15.9. The minimum atomic E-state index is -1.00. The SMILES string of the molecule is CNC(=O)c1c(-c2ccc(Br)c(F)c2F)ccnc1C. The second-order valence-electron chi connectivity index (χ2n) is 4.12. The quantitative estimate of drug-likeness (QED) is 0.850. The van der Waals surface area contributed by atoms with E-state index in [1.165, 1.54) is 31.4 Å². The first-order valence-electron chi connectivity index (χ1n) is 5.79. The number of pyridine rings is 1. The summed E-state index contributed by atoms with van der Waals surface area (Å²) < 4.78 is 27.8. The van der Waals surface area contributed by atoms with Crippen LogP contribution in [0.2, 0.25) is 0 Å². The monoisotopic (exact) mass is 340 g/mol. The van der Waals surface area contributed by atoms with Crippen molar-refractivity contribution < 1.29 is 13.6 Å². The van der Waals surface area contributed by atoms with Crippen LogP contribution in [-0.2, 0) is 0 Å². The fourth-order valence-electron chi connectivity index (χ4n) is 1.94. The van der Waals surface area contributed by atoms with E-state index in [0.29, 0.717) is 11.3 Å². The van der Waals surface area contributed by atoms with Gasteiger partial charge in [0.1, 0.15) is 0 Å². The Bertz CT molecular complexity index is 689. The van der Waals surface area contributed by atoms with Crippen molar-refractivity contribution in [2.24, 2.45) is 0 Å². The largest absolute Gasteiger partial charge is 0.355 e. The molecule has 1 amide bonds. The van der Waals surface area contributed by atoms with Gasteiger partial charge in [-0.1, -0.05) is 6.07 Å². The van der Waals surface area contributed by atoms with Gasteiger partial charge in [0.25, 0.3) is 5.91 Å². The lowest BCUT2D eigenvalue weighted by Gasteiger charge is -2.12. The van der Waals surface area contributed by atoms with Gasteiger partial charge in [-0.25, -0.2) is 8.78 Å². The van der Waals surface area contributed by atoms with Crippen molar-refractivity contribution in [2.45, 2.75) is 6.92 Å². The number of halogens is 3. The molecule has 6 heteroatoms. The molecule has 3 nitrogen and oxygen atoms in total. The molecule has 1 aromatic heterocycles. The number of amides is 1. The Morgan fingerprint density at radius 3 is 2.55 bits per heavy atom. The highest BCUT2D eigenvalue weighted by Crippen LogP contribution is 2.31. The lowest BCUT2D eigenvalue weighted by atomic mass is 9.98. The number of benzene rings is 1. The fourth-order valence-corrected chi connectivity index (χ4v) is 2.24. The summed E-state index contributed by atoms with van der Waals surface area (Å²) in [7, 11) is 1.47. The highest BCUT2D eigenvalue weighted by Gasteiger charge is 2.20. The van der Waals surface area contributed by atoms with Crippen LogP contribution in [0.25, 0.3) is 11.1 Å². The predicted molar refractivity (Wildman–Crippen MR) is 75.4 cm³/mol. The number of aromatic nitrogens is 1. The van der Waals surface area contributed by atoms with Crippen molar-refractivity contribution in [3.05, 3.63) is 51.8 Å². The van der Waals surface area contributed by atoms with Crippen LogP contribution in [0.1, 0.15) is 16.1 Å². The van der Waals surface area contributed by atoms with Crippen LogP contribution in [0.5, 0.6) is 0 Å². The molecular formula is C14H11BrF2N2O. The average Bonchev–Trinajstić information content (AvgIpc) is 2.44. The summed E-state index contributed by atoms with van der Waals surface area (Å²) >= 11 is 2.92. The van der Waals surface area contributed by atoms with Gasteiger partial charge >= 0.3 is 0 Å². The zero-order valence-corrected chi connectivity index (χ0v) is 12.4. The maximum absolute atomic E-state index is 14.1. The maximum atomic E-state index is 14.1. The Hall–Kier alpha value is -1.82. The van der Waals surface area contributed by atoms with Gasteiger partial charge in [0.15, 0.2) is 11.6 Å². The molecule has 2 rings (SSSR count). The van der Waals surface area contributed by atoms with Crippen molar-refractivity contribution in [3.8, 4) is 11.1 Å². The Kier molecular flexibility index (Phi) is 4.13. The normalized spacial score (nSPS) is 10.4. The Morgan fingerprint density at radius 2 is 1.90 bits per heavy atom. The standard InChI is InChI=1S/C14H11BrF2N2O/c1-7-11(14(20)18-2)8(5-6-19-7)9-3-4-10(15)13(17)12(9)16/h3-6H,1-2H3,(H,18,20). The number of hydrogen-bond donors (Lipinski definition) is 1. The van der Waals surface area contributed by atoms with Crippen LogP contribution in [-0.4, -0.2) is 17.9 Å². The van der Waals surface area contributed by atoms with E-state index in [1.54, 1.807) is 6.92 Å². The zero-order chi connectivity index (χ0) is 14.9. The van der Waals surface area contributed by atoms with Gasteiger partial charge in [-0.05, 0) is 35.0 Å². The molecular weight excluding hydrogens is 330 g/mol. The van der Waals surface area contributed by atoms with Gasteiger partial charge < -0.3 is 5.32 Å². The van der Waals surface area contributed by atoms with Gasteiger partial charge in [0, 0.05) is 24.4 Å². The average molecular weight is 341 g/mol. The summed E-state index contributed by atoms with van der Waals surface area (Å²) in [5.41, 5.74) is 1.01. The number of nitrogens with one attached hydrogen (secondary N) is 1. The molecule has 1 N–H and O–H groups in total. The Balaban J connectivity index is 2.74. The summed E-state index contributed by atoms with van der Waals surface area (Å²) in [6.07, 6.45) is 1.45. The van der Waals surface area contributed by atoms with Crippen LogP contribution in [0.3, 0.4) is 0 Å². The second kappa shape index (κ2) is 5.66. The van der Waals surface area contributed by atoms with Crippen molar-refractivity contribution >= 4 is 21.8 Å². The Morgan fingerprint density at radius 1 is 1.20 bits per heavy atom. The highest BCUT2D eigenvalue weighted by molar-refractivity contribution is 9.10. The fraction of sp³-hybridized carbons (Fsp3) is 0.143. The van der Waals surface area contributed by atoms with Crippen molar-refractivity contribution in [1.29, 1.82) is 0 Å². The lowest BCUT2D eigenvalue weighted by Crippen LogP contribution is -2.20. The van der Waals surface area contributed by atoms with Crippen LogP contribution < -0.4 is 5.32 Å². The van der Waals surface area contributed by atoms with Crippen LogP contribution in [0, 0.1) is 18.6 Å². The summed E-state index contributed by atoms with van der Waals surface area (Å²) in [5.74, 6) is -2.39. The van der Waals surface area contributed by atoms with E-state index < -0.39 is 17.5 Å². The highest BCUT2D eigenvalue weighted by atomic mass is 79.9. The van der Waals surface area contributed by atoms with E-state index in [0.717, 1.165) is 0 Å². The molecule has 0 saturated heterocycles. The van der Waals surface area contributed by atoms with Crippen LogP contribution in [0.4, 0.5) is 8.78 Å². The van der Waals surface area contributed by atoms with Crippen LogP contribution in [0.15, 0.2) is 28.9 Å². The first kappa shape index (κ1) is 14.6. The van der Waals surface area contributed by atoms with Gasteiger partial charge in [0.2, 0.25) is 0 Å². The minimum absolute atomic E-state index is 0.0230. The molecule has 0 aliphatic rings. The van der Waals surface area contributed by atoms with E-state index >= 15 is 0 Å². The molecule has 20 heavy (non-hydrogen) atoms. The van der Waals surface area contributed by atoms with E-state index in [1.807, 2.05) is 0 Å². The molecule has 104 valence electrons. The molecule has 0 radical (unpaired) electrons. The molecule has 0 bridgehead atoms. The van der Waals surface area contributed by atoms with E-state index in [2.05, 4.69) is 26.2 Å². The van der Waals surface area contributed by atoms with E-state index in [4.69, 9.17) is 0 Å². The number of carbonyl (C=O) groups is 1. The number of aryl methyl sites for hydroxylation is 1. The molecule has 2 aromatic rings. The third-order valence-corrected chi connectivity index (χ3v) is 3.53. The van der Waals surface area contributed by atoms with Crippen molar-refractivity contribution in [3.63, 3.8) is 0 Å². The van der Waals surface area contributed by atoms with Gasteiger partial charge in [-0.2, -0.15) is 0 Å². The Labute approximate surface area is 123 Å². The number of nitrogens with zero attached hydrogens (tertiary/aromatic N) is 1. The van der Waals surface area contributed by atoms with E-state index in [9.17, 15) is 13.6 Å². The van der Waals surface area contributed by atoms with Crippen molar-refractivity contribution in [1.82, 2.24) is 10.3 Å². The van der Waals surface area contributed by atoms with Crippen molar-refractivity contribution in [2.75, 3.05) is 7.05 Å². The summed E-state index contributed by atoms with van der Waals surface area (Å²) in [6, 6.07) is 4.31. The molecule has 1 aromatic carbocycles. The minimum Gasteiger partial charge on any atom is -0.355 e. The summed E-state index contributed by atoms with van der Waals surface area (Å²) in [6.45, 7) is 1.64. The molecule has 0 fully saturated rings. The molecule has 1 heterocycles. The molecule has 0 unspecified atom stereocenters. The number of rotatable bonds is 2. The topological polar surface area (TPSA) is 42.0 Å². The predicted octanol–water partition coefficient (Wildman–Crippen LogP) is 3.46. The molecule has 0 aliphatic carbocycles. The number of carbonyl (C=O) groups excluding carboxylic acids is 1. The van der Waals surface area contributed by atoms with Gasteiger partial charge in [-0.15, -0.1) is 0 Å². The van der Waals surface area contributed by atoms with Gasteiger partial charge in [0.05, 0.1) is 15.7 Å². The smallest absolute Gasteiger partial charge is 0.253 e. The molecule has 0 spiro atoms. The number of hydrogen-bond acceptors (Lipinski definition) is 2. The molecule has 0 aliphatic heterocycles. The first-order chi connectivity index (χ1) is 9.47. The zero-order valence-electron chi connectivity index (χ0n) is 10.8. The van der Waals surface area contributed by atoms with Crippen LogP contribution >= 0.6 is 15.9 Å². The third kappa shape index (κ3) is 2.43. The molecule has 0 saturated carbocycles. The maximum Gasteiger partial charge on any atom is 0.253 e. The lowest BCUT2D eigenvalue weighted by molar-refractivity contribution is 0.0962.